The lowest BCUT2D eigenvalue weighted by Crippen LogP contribution is -2.30. The molecule has 0 aliphatic rings. The largest absolute Gasteiger partial charge is 0.508 e. The van der Waals surface area contributed by atoms with Gasteiger partial charge in [-0.25, -0.2) is 0 Å². The number of anilines is 1. The molecule has 1 N–H and O–H groups in total. The Hall–Kier alpha value is -1.33. The zero-order valence-electron chi connectivity index (χ0n) is 10.7. The van der Waals surface area contributed by atoms with Crippen LogP contribution in [-0.2, 0) is 0 Å². The van der Waals surface area contributed by atoms with Crippen LogP contribution in [0.5, 0.6) is 5.75 Å². The number of amides is 1. The highest BCUT2D eigenvalue weighted by Crippen LogP contribution is 2.28. The molecular weight excluding hydrogens is 326 g/mol. The molecule has 0 radical (unpaired) electrons. The van der Waals surface area contributed by atoms with Gasteiger partial charge in [-0.05, 0) is 47.5 Å². The second-order valence-corrected chi connectivity index (χ2v) is 6.45. The summed E-state index contributed by atoms with van der Waals surface area (Å²) in [7, 11) is 0. The number of carbonyl (C=O) groups is 1. The molecule has 0 unspecified atom stereocenters. The molecule has 0 bridgehead atoms. The molecule has 1 heterocycles. The van der Waals surface area contributed by atoms with Gasteiger partial charge in [0.2, 0.25) is 0 Å². The summed E-state index contributed by atoms with van der Waals surface area (Å²) in [5.41, 5.74) is 2.36. The fourth-order valence-electron chi connectivity index (χ4n) is 1.89. The Balaban J connectivity index is 2.39. The molecule has 5 heteroatoms. The Morgan fingerprint density at radius 3 is 2.74 bits per heavy atom. The standard InChI is InChI=1S/C14H14BrNO2S/c1-3-16(12-7-11(17)5-4-9(12)2)14(18)10-6-13(15)19-8-10/h4-8,17H,3H2,1-2H3. The lowest BCUT2D eigenvalue weighted by molar-refractivity contribution is 0.0988. The predicted octanol–water partition coefficient (Wildman–Crippen LogP) is 4.19. The molecule has 0 saturated heterocycles. The van der Waals surface area contributed by atoms with E-state index in [0.717, 1.165) is 15.0 Å². The summed E-state index contributed by atoms with van der Waals surface area (Å²) in [6.45, 7) is 4.40. The van der Waals surface area contributed by atoms with Crippen LogP contribution in [-0.4, -0.2) is 17.6 Å². The molecule has 0 aliphatic heterocycles. The van der Waals surface area contributed by atoms with Crippen LogP contribution in [0.15, 0.2) is 33.4 Å². The average Bonchev–Trinajstić information content (AvgIpc) is 2.81. The summed E-state index contributed by atoms with van der Waals surface area (Å²) in [6.07, 6.45) is 0. The van der Waals surface area contributed by atoms with E-state index in [4.69, 9.17) is 0 Å². The highest BCUT2D eigenvalue weighted by molar-refractivity contribution is 9.11. The number of aryl methyl sites for hydroxylation is 1. The zero-order valence-corrected chi connectivity index (χ0v) is 13.1. The van der Waals surface area contributed by atoms with Gasteiger partial charge in [0.05, 0.1) is 15.0 Å². The van der Waals surface area contributed by atoms with E-state index >= 15 is 0 Å². The Morgan fingerprint density at radius 1 is 1.42 bits per heavy atom. The van der Waals surface area contributed by atoms with Crippen LogP contribution in [0, 0.1) is 6.92 Å². The fraction of sp³-hybridized carbons (Fsp3) is 0.214. The number of phenols is 1. The van der Waals surface area contributed by atoms with Crippen molar-refractivity contribution >= 4 is 38.9 Å². The molecule has 2 rings (SSSR count). The number of thiophene rings is 1. The van der Waals surface area contributed by atoms with Gasteiger partial charge in [0.25, 0.3) is 5.91 Å². The molecule has 0 saturated carbocycles. The van der Waals surface area contributed by atoms with E-state index in [-0.39, 0.29) is 11.7 Å². The summed E-state index contributed by atoms with van der Waals surface area (Å²) in [4.78, 5) is 14.2. The first-order chi connectivity index (χ1) is 9.02. The average molecular weight is 340 g/mol. The van der Waals surface area contributed by atoms with Gasteiger partial charge >= 0.3 is 0 Å². The van der Waals surface area contributed by atoms with Crippen LogP contribution >= 0.6 is 27.3 Å². The van der Waals surface area contributed by atoms with Crippen molar-refractivity contribution in [2.24, 2.45) is 0 Å². The Morgan fingerprint density at radius 2 is 2.16 bits per heavy atom. The number of halogens is 1. The molecule has 100 valence electrons. The molecule has 0 atom stereocenters. The Bertz CT molecular complexity index is 609. The number of carbonyl (C=O) groups excluding carboxylic acids is 1. The summed E-state index contributed by atoms with van der Waals surface area (Å²) in [5.74, 6) is 0.108. The van der Waals surface area contributed by atoms with Gasteiger partial charge in [-0.15, -0.1) is 11.3 Å². The third kappa shape index (κ3) is 2.98. The molecule has 1 aromatic heterocycles. The van der Waals surface area contributed by atoms with E-state index in [1.807, 2.05) is 31.4 Å². The van der Waals surface area contributed by atoms with Crippen molar-refractivity contribution in [3.05, 3.63) is 44.6 Å². The molecule has 3 nitrogen and oxygen atoms in total. The van der Waals surface area contributed by atoms with Crippen molar-refractivity contribution < 1.29 is 9.90 Å². The summed E-state index contributed by atoms with van der Waals surface area (Å²) >= 11 is 4.84. The number of hydrogen-bond donors (Lipinski definition) is 1. The molecule has 1 aromatic carbocycles. The van der Waals surface area contributed by atoms with Crippen molar-refractivity contribution in [3.8, 4) is 5.75 Å². The highest BCUT2D eigenvalue weighted by atomic mass is 79.9. The van der Waals surface area contributed by atoms with Gasteiger partial charge in [-0.2, -0.15) is 0 Å². The Labute approximate surface area is 124 Å². The molecule has 0 fully saturated rings. The second kappa shape index (κ2) is 5.75. The molecule has 2 aromatic rings. The second-order valence-electron chi connectivity index (χ2n) is 4.16. The van der Waals surface area contributed by atoms with Gasteiger partial charge in [0.15, 0.2) is 0 Å². The first-order valence-electron chi connectivity index (χ1n) is 5.88. The van der Waals surface area contributed by atoms with E-state index in [9.17, 15) is 9.90 Å². The predicted molar refractivity (Wildman–Crippen MR) is 82.2 cm³/mol. The number of phenolic OH excluding ortho intramolecular Hbond substituents is 1. The van der Waals surface area contributed by atoms with E-state index in [2.05, 4.69) is 15.9 Å². The number of benzene rings is 1. The minimum Gasteiger partial charge on any atom is -0.508 e. The number of rotatable bonds is 3. The molecule has 0 spiro atoms. The third-order valence-electron chi connectivity index (χ3n) is 2.86. The first-order valence-corrected chi connectivity index (χ1v) is 7.55. The smallest absolute Gasteiger partial charge is 0.259 e. The highest BCUT2D eigenvalue weighted by Gasteiger charge is 2.19. The molecular formula is C14H14BrNO2S. The van der Waals surface area contributed by atoms with Gasteiger partial charge in [0, 0.05) is 18.0 Å². The molecule has 0 aliphatic carbocycles. The minimum atomic E-state index is -0.0573. The van der Waals surface area contributed by atoms with Crippen LogP contribution in [0.4, 0.5) is 5.69 Å². The van der Waals surface area contributed by atoms with E-state index in [0.29, 0.717) is 12.1 Å². The van der Waals surface area contributed by atoms with Gasteiger partial charge < -0.3 is 10.0 Å². The monoisotopic (exact) mass is 339 g/mol. The first kappa shape index (κ1) is 14.1. The minimum absolute atomic E-state index is 0.0573. The SMILES string of the molecule is CCN(C(=O)c1csc(Br)c1)c1cc(O)ccc1C. The summed E-state index contributed by atoms with van der Waals surface area (Å²) in [5, 5.41) is 11.4. The van der Waals surface area contributed by atoms with Crippen LogP contribution in [0.2, 0.25) is 0 Å². The summed E-state index contributed by atoms with van der Waals surface area (Å²) in [6, 6.07) is 6.87. The van der Waals surface area contributed by atoms with Crippen LogP contribution < -0.4 is 4.90 Å². The van der Waals surface area contributed by atoms with Crippen molar-refractivity contribution in [2.75, 3.05) is 11.4 Å². The molecule has 19 heavy (non-hydrogen) atoms. The van der Waals surface area contributed by atoms with E-state index in [1.165, 1.54) is 11.3 Å². The van der Waals surface area contributed by atoms with Gasteiger partial charge in [-0.1, -0.05) is 6.07 Å². The van der Waals surface area contributed by atoms with Crippen molar-refractivity contribution in [2.45, 2.75) is 13.8 Å². The fourth-order valence-corrected chi connectivity index (χ4v) is 3.02. The maximum absolute atomic E-state index is 12.5. The van der Waals surface area contributed by atoms with Gasteiger partial charge in [-0.3, -0.25) is 4.79 Å². The van der Waals surface area contributed by atoms with E-state index < -0.39 is 0 Å². The maximum atomic E-state index is 12.5. The lowest BCUT2D eigenvalue weighted by Gasteiger charge is -2.22. The maximum Gasteiger partial charge on any atom is 0.259 e. The third-order valence-corrected chi connectivity index (χ3v) is 4.36. The van der Waals surface area contributed by atoms with Crippen molar-refractivity contribution in [1.82, 2.24) is 0 Å². The number of aromatic hydroxyl groups is 1. The van der Waals surface area contributed by atoms with E-state index in [1.54, 1.807) is 17.0 Å². The zero-order chi connectivity index (χ0) is 14.0. The van der Waals surface area contributed by atoms with Gasteiger partial charge in [0.1, 0.15) is 5.75 Å². The Kier molecular flexibility index (Phi) is 4.27. The quantitative estimate of drug-likeness (QED) is 0.910. The van der Waals surface area contributed by atoms with Crippen LogP contribution in [0.25, 0.3) is 0 Å². The van der Waals surface area contributed by atoms with Crippen LogP contribution in [0.3, 0.4) is 0 Å². The van der Waals surface area contributed by atoms with Crippen molar-refractivity contribution in [3.63, 3.8) is 0 Å². The van der Waals surface area contributed by atoms with Crippen molar-refractivity contribution in [1.29, 1.82) is 0 Å². The number of hydrogen-bond acceptors (Lipinski definition) is 3. The molecule has 1 amide bonds. The normalized spacial score (nSPS) is 10.5. The number of nitrogens with zero attached hydrogens (tertiary/aromatic N) is 1. The topological polar surface area (TPSA) is 40.5 Å². The lowest BCUT2D eigenvalue weighted by atomic mass is 10.1. The summed E-state index contributed by atoms with van der Waals surface area (Å²) < 4.78 is 0.930. The van der Waals surface area contributed by atoms with Crippen LogP contribution in [0.1, 0.15) is 22.8 Å².